The number of aliphatic hydroxyl groups is 1. The van der Waals surface area contributed by atoms with Crippen LogP contribution in [0.4, 0.5) is 5.69 Å². The van der Waals surface area contributed by atoms with Gasteiger partial charge in [-0.1, -0.05) is 12.1 Å². The lowest BCUT2D eigenvalue weighted by molar-refractivity contribution is 0.0824. The number of anilines is 1. The predicted molar refractivity (Wildman–Crippen MR) is 134 cm³/mol. The van der Waals surface area contributed by atoms with Crippen molar-refractivity contribution >= 4 is 35.6 Å². The van der Waals surface area contributed by atoms with E-state index in [0.717, 1.165) is 88.9 Å². The number of nitrogens with zero attached hydrogens (tertiary/aromatic N) is 3. The number of methoxy groups -OCH3 is 1. The lowest BCUT2D eigenvalue weighted by atomic mass is 10.1. The number of likely N-dealkylation sites (tertiary alicyclic amines) is 1. The highest BCUT2D eigenvalue weighted by Crippen LogP contribution is 2.30. The third kappa shape index (κ3) is 7.46. The van der Waals surface area contributed by atoms with Crippen molar-refractivity contribution in [2.75, 3.05) is 57.8 Å². The van der Waals surface area contributed by atoms with Gasteiger partial charge in [0.05, 0.1) is 18.9 Å². The van der Waals surface area contributed by atoms with Crippen LogP contribution in [-0.2, 0) is 0 Å². The molecule has 3 N–H and O–H groups in total. The number of para-hydroxylation sites is 2. The Morgan fingerprint density at radius 1 is 1.20 bits per heavy atom. The van der Waals surface area contributed by atoms with E-state index in [1.807, 2.05) is 12.1 Å². The van der Waals surface area contributed by atoms with Gasteiger partial charge in [0.1, 0.15) is 5.75 Å². The van der Waals surface area contributed by atoms with Gasteiger partial charge in [0, 0.05) is 45.3 Å². The zero-order valence-electron chi connectivity index (χ0n) is 18.3. The molecule has 1 aromatic rings. The third-order valence-electron chi connectivity index (χ3n) is 5.76. The van der Waals surface area contributed by atoms with Crippen LogP contribution in [-0.4, -0.2) is 81.0 Å². The maximum absolute atomic E-state index is 9.61. The molecule has 0 amide bonds. The summed E-state index contributed by atoms with van der Waals surface area (Å²) in [5.41, 5.74) is 1.16. The first-order chi connectivity index (χ1) is 14.2. The smallest absolute Gasteiger partial charge is 0.191 e. The molecule has 2 aliphatic heterocycles. The van der Waals surface area contributed by atoms with E-state index in [4.69, 9.17) is 9.73 Å². The molecule has 2 heterocycles. The first-order valence-electron chi connectivity index (χ1n) is 11.0. The summed E-state index contributed by atoms with van der Waals surface area (Å²) >= 11 is 0. The highest BCUT2D eigenvalue weighted by Gasteiger charge is 2.25. The standard InChI is InChI=1S/C22H37N5O2.HI/c1-3-23-22(24-12-6-13-26-14-10-19(28)11-15-26)25-18-9-16-27(17-18)20-7-4-5-8-21(20)29-2;/h4-5,7-8,18-19,28H,3,6,9-17H2,1-2H3,(H2,23,24,25);1H. The summed E-state index contributed by atoms with van der Waals surface area (Å²) in [4.78, 5) is 9.60. The van der Waals surface area contributed by atoms with E-state index in [0.29, 0.717) is 6.04 Å². The zero-order valence-corrected chi connectivity index (χ0v) is 20.7. The molecule has 1 atom stereocenters. The van der Waals surface area contributed by atoms with Crippen molar-refractivity contribution in [2.45, 2.75) is 44.8 Å². The molecule has 7 nitrogen and oxygen atoms in total. The Morgan fingerprint density at radius 2 is 1.97 bits per heavy atom. The quantitative estimate of drug-likeness (QED) is 0.207. The fourth-order valence-electron chi connectivity index (χ4n) is 4.13. The summed E-state index contributed by atoms with van der Waals surface area (Å²) in [7, 11) is 1.73. The number of aliphatic hydroxyl groups excluding tert-OH is 1. The van der Waals surface area contributed by atoms with Gasteiger partial charge in [-0.15, -0.1) is 24.0 Å². The van der Waals surface area contributed by atoms with Crippen LogP contribution >= 0.6 is 24.0 Å². The van der Waals surface area contributed by atoms with E-state index < -0.39 is 0 Å². The molecule has 0 aliphatic carbocycles. The summed E-state index contributed by atoms with van der Waals surface area (Å²) < 4.78 is 5.52. The molecule has 3 rings (SSSR count). The second kappa shape index (κ2) is 13.2. The van der Waals surface area contributed by atoms with Gasteiger partial charge in [0.15, 0.2) is 5.96 Å². The Hall–Kier alpha value is -1.26. The second-order valence-corrected chi connectivity index (χ2v) is 7.93. The van der Waals surface area contributed by atoms with Crippen LogP contribution in [0.2, 0.25) is 0 Å². The molecule has 170 valence electrons. The minimum Gasteiger partial charge on any atom is -0.495 e. The monoisotopic (exact) mass is 531 g/mol. The number of hydrogen-bond donors (Lipinski definition) is 3. The molecule has 8 heteroatoms. The first kappa shape index (κ1) is 25.0. The van der Waals surface area contributed by atoms with Crippen molar-refractivity contribution in [2.24, 2.45) is 4.99 Å². The number of guanidine groups is 1. The van der Waals surface area contributed by atoms with Gasteiger partial charge in [0.25, 0.3) is 0 Å². The van der Waals surface area contributed by atoms with Gasteiger partial charge in [-0.05, 0) is 51.3 Å². The largest absolute Gasteiger partial charge is 0.495 e. The van der Waals surface area contributed by atoms with E-state index in [9.17, 15) is 5.11 Å². The van der Waals surface area contributed by atoms with E-state index in [1.165, 1.54) is 0 Å². The fourth-order valence-corrected chi connectivity index (χ4v) is 4.13. The maximum Gasteiger partial charge on any atom is 0.191 e. The minimum atomic E-state index is -0.101. The van der Waals surface area contributed by atoms with Gasteiger partial charge < -0.3 is 30.3 Å². The van der Waals surface area contributed by atoms with Gasteiger partial charge >= 0.3 is 0 Å². The SMILES string of the molecule is CCNC(=NCCCN1CCC(O)CC1)NC1CCN(c2ccccc2OC)C1.I. The Balaban J connectivity index is 0.00000320. The lowest BCUT2D eigenvalue weighted by Gasteiger charge is -2.29. The number of nitrogens with one attached hydrogen (secondary N) is 2. The zero-order chi connectivity index (χ0) is 20.5. The summed E-state index contributed by atoms with van der Waals surface area (Å²) in [6, 6.07) is 8.59. The Morgan fingerprint density at radius 3 is 2.70 bits per heavy atom. The molecule has 0 saturated carbocycles. The second-order valence-electron chi connectivity index (χ2n) is 7.93. The van der Waals surface area contributed by atoms with Crippen LogP contribution in [0.25, 0.3) is 0 Å². The Labute approximate surface area is 198 Å². The summed E-state index contributed by atoms with van der Waals surface area (Å²) in [5.74, 6) is 1.84. The summed E-state index contributed by atoms with van der Waals surface area (Å²) in [6.07, 6.45) is 3.83. The van der Waals surface area contributed by atoms with Crippen molar-refractivity contribution in [3.05, 3.63) is 24.3 Å². The van der Waals surface area contributed by atoms with E-state index in [1.54, 1.807) is 7.11 Å². The molecule has 0 spiro atoms. The average molecular weight is 531 g/mol. The number of piperidine rings is 1. The Bertz CT molecular complexity index is 652. The van der Waals surface area contributed by atoms with E-state index in [2.05, 4.69) is 39.5 Å². The highest BCUT2D eigenvalue weighted by atomic mass is 127. The van der Waals surface area contributed by atoms with Crippen molar-refractivity contribution in [3.8, 4) is 5.75 Å². The number of benzene rings is 1. The molecule has 2 aliphatic rings. The highest BCUT2D eigenvalue weighted by molar-refractivity contribution is 14.0. The van der Waals surface area contributed by atoms with E-state index >= 15 is 0 Å². The number of hydrogen-bond acceptors (Lipinski definition) is 5. The first-order valence-corrected chi connectivity index (χ1v) is 11.0. The van der Waals surface area contributed by atoms with Crippen LogP contribution in [0.1, 0.15) is 32.6 Å². The fraction of sp³-hybridized carbons (Fsp3) is 0.682. The molecule has 30 heavy (non-hydrogen) atoms. The van der Waals surface area contributed by atoms with Crippen LogP contribution in [0.3, 0.4) is 0 Å². The van der Waals surface area contributed by atoms with Crippen LogP contribution in [0.15, 0.2) is 29.3 Å². The number of ether oxygens (including phenoxy) is 1. The number of aliphatic imine (C=N–C) groups is 1. The molecule has 1 aromatic carbocycles. The minimum absolute atomic E-state index is 0. The lowest BCUT2D eigenvalue weighted by Crippen LogP contribution is -2.44. The predicted octanol–water partition coefficient (Wildman–Crippen LogP) is 2.29. The van der Waals surface area contributed by atoms with Crippen LogP contribution in [0, 0.1) is 0 Å². The Kier molecular flexibility index (Phi) is 11.0. The van der Waals surface area contributed by atoms with Gasteiger partial charge in [-0.25, -0.2) is 0 Å². The van der Waals surface area contributed by atoms with Crippen molar-refractivity contribution in [3.63, 3.8) is 0 Å². The van der Waals surface area contributed by atoms with Gasteiger partial charge in [0.2, 0.25) is 0 Å². The molecular formula is C22H38IN5O2. The van der Waals surface area contributed by atoms with Gasteiger partial charge in [-0.3, -0.25) is 4.99 Å². The third-order valence-corrected chi connectivity index (χ3v) is 5.76. The molecule has 0 bridgehead atoms. The molecular weight excluding hydrogens is 493 g/mol. The van der Waals surface area contributed by atoms with Gasteiger partial charge in [-0.2, -0.15) is 0 Å². The van der Waals surface area contributed by atoms with Crippen LogP contribution in [0.5, 0.6) is 5.75 Å². The maximum atomic E-state index is 9.61. The topological polar surface area (TPSA) is 72.4 Å². The van der Waals surface area contributed by atoms with Crippen molar-refractivity contribution in [1.82, 2.24) is 15.5 Å². The normalized spacial score (nSPS) is 20.7. The molecule has 1 unspecified atom stereocenters. The molecule has 2 fully saturated rings. The number of rotatable bonds is 8. The summed E-state index contributed by atoms with van der Waals surface area (Å²) in [6.45, 7) is 8.80. The number of halogens is 1. The summed E-state index contributed by atoms with van der Waals surface area (Å²) in [5, 5.41) is 16.6. The average Bonchev–Trinajstić information content (AvgIpc) is 3.21. The van der Waals surface area contributed by atoms with Crippen molar-refractivity contribution < 1.29 is 9.84 Å². The van der Waals surface area contributed by atoms with Crippen molar-refractivity contribution in [1.29, 1.82) is 0 Å². The molecule has 0 radical (unpaired) electrons. The molecule has 2 saturated heterocycles. The van der Waals surface area contributed by atoms with Crippen LogP contribution < -0.4 is 20.3 Å². The molecule has 0 aromatic heterocycles. The van der Waals surface area contributed by atoms with E-state index in [-0.39, 0.29) is 30.1 Å².